The Labute approximate surface area is 207 Å². The number of thiophene rings is 1. The smallest absolute Gasteiger partial charge is 0.251 e. The molecule has 7 nitrogen and oxygen atoms in total. The minimum Gasteiger partial charge on any atom is -0.508 e. The van der Waals surface area contributed by atoms with Gasteiger partial charge in [-0.05, 0) is 59.7 Å². The fraction of sp³-hybridized carbons (Fsp3) is 0.296. The number of phenolic OH excluding ortho intramolecular Hbond substituents is 1. The van der Waals surface area contributed by atoms with Crippen LogP contribution in [0.5, 0.6) is 5.75 Å². The Morgan fingerprint density at radius 3 is 2.60 bits per heavy atom. The molecule has 8 heteroatoms. The van der Waals surface area contributed by atoms with Crippen LogP contribution in [0, 0.1) is 0 Å². The number of Topliss-reactive ketones (excluding diaryl/α,β-unsaturated/α-hetero) is 1. The van der Waals surface area contributed by atoms with Gasteiger partial charge in [0.05, 0.1) is 6.10 Å². The maximum atomic E-state index is 13.7. The zero-order chi connectivity index (χ0) is 24.4. The van der Waals surface area contributed by atoms with Crippen molar-refractivity contribution in [2.75, 3.05) is 13.2 Å². The van der Waals surface area contributed by atoms with Gasteiger partial charge in [-0.25, -0.2) is 0 Å². The molecule has 2 saturated heterocycles. The minimum absolute atomic E-state index is 0.0185. The summed E-state index contributed by atoms with van der Waals surface area (Å²) >= 11 is 1.62. The summed E-state index contributed by atoms with van der Waals surface area (Å²) in [4.78, 5) is 42.0. The third-order valence-corrected chi connectivity index (χ3v) is 7.48. The molecule has 0 saturated carbocycles. The summed E-state index contributed by atoms with van der Waals surface area (Å²) in [5, 5.41) is 14.5. The number of hydrogen-bond acceptors (Lipinski definition) is 6. The third kappa shape index (κ3) is 4.99. The maximum absolute atomic E-state index is 13.7. The quantitative estimate of drug-likeness (QED) is 0.552. The molecule has 1 aromatic heterocycles. The first-order valence-corrected chi connectivity index (χ1v) is 12.5. The second-order valence-corrected chi connectivity index (χ2v) is 9.83. The zero-order valence-electron chi connectivity index (χ0n) is 19.1. The SMILES string of the molecule is O=C(N[C@@H](Cc1ccc(O)cc1)C(=O)N1CCCC2OCC(=O)C21)c1ccc(-c2cccs2)cc1. The van der Waals surface area contributed by atoms with Gasteiger partial charge < -0.3 is 20.1 Å². The second kappa shape index (κ2) is 10.0. The number of likely N-dealkylation sites (tertiary alicyclic amines) is 1. The summed E-state index contributed by atoms with van der Waals surface area (Å²) in [5.74, 6) is -0.626. The largest absolute Gasteiger partial charge is 0.508 e. The van der Waals surface area contributed by atoms with E-state index >= 15 is 0 Å². The van der Waals surface area contributed by atoms with E-state index in [1.54, 1.807) is 52.6 Å². The van der Waals surface area contributed by atoms with Crippen LogP contribution in [-0.4, -0.2) is 58.9 Å². The Bertz CT molecular complexity index is 1210. The standard InChI is InChI=1S/C27H26N2O5S/c30-20-11-5-17(6-12-20)15-21(27(33)29-13-1-3-23-25(29)22(31)16-34-23)28-26(32)19-9-7-18(8-10-19)24-4-2-14-35-24/h2,4-12,14,21,23,25,30H,1,3,13,15-16H2,(H,28,32)/t21-,23?,25?/m0/s1. The van der Waals surface area contributed by atoms with Crippen LogP contribution in [0.25, 0.3) is 10.4 Å². The zero-order valence-corrected chi connectivity index (χ0v) is 19.9. The second-order valence-electron chi connectivity index (χ2n) is 8.89. The Hall–Kier alpha value is -3.49. The molecule has 3 aromatic rings. The average molecular weight is 491 g/mol. The predicted molar refractivity (Wildman–Crippen MR) is 132 cm³/mol. The van der Waals surface area contributed by atoms with E-state index in [0.717, 1.165) is 28.8 Å². The number of aromatic hydroxyl groups is 1. The molecular weight excluding hydrogens is 464 g/mol. The number of nitrogens with zero attached hydrogens (tertiary/aromatic N) is 1. The van der Waals surface area contributed by atoms with Gasteiger partial charge >= 0.3 is 0 Å². The highest BCUT2D eigenvalue weighted by Crippen LogP contribution is 2.28. The number of phenols is 1. The Morgan fingerprint density at radius 1 is 1.11 bits per heavy atom. The van der Waals surface area contributed by atoms with Gasteiger partial charge in [0.15, 0.2) is 5.78 Å². The topological polar surface area (TPSA) is 95.9 Å². The highest BCUT2D eigenvalue weighted by molar-refractivity contribution is 7.13. The van der Waals surface area contributed by atoms with Gasteiger partial charge in [-0.2, -0.15) is 0 Å². The van der Waals surface area contributed by atoms with Crippen molar-refractivity contribution in [1.29, 1.82) is 0 Å². The number of benzene rings is 2. The highest BCUT2D eigenvalue weighted by Gasteiger charge is 2.45. The lowest BCUT2D eigenvalue weighted by molar-refractivity contribution is -0.142. The van der Waals surface area contributed by atoms with Crippen LogP contribution in [0.2, 0.25) is 0 Å². The van der Waals surface area contributed by atoms with Crippen molar-refractivity contribution in [2.24, 2.45) is 0 Å². The van der Waals surface area contributed by atoms with Gasteiger partial charge in [-0.3, -0.25) is 14.4 Å². The number of ether oxygens (including phenoxy) is 1. The van der Waals surface area contributed by atoms with E-state index in [1.807, 2.05) is 29.6 Å². The average Bonchev–Trinajstić information content (AvgIpc) is 3.55. The lowest BCUT2D eigenvalue weighted by atomic mass is 9.95. The molecule has 0 spiro atoms. The number of amides is 2. The molecule has 2 N–H and O–H groups in total. The van der Waals surface area contributed by atoms with E-state index in [4.69, 9.17) is 4.74 Å². The number of ketones is 1. The molecule has 180 valence electrons. The number of hydrogen-bond donors (Lipinski definition) is 2. The van der Waals surface area contributed by atoms with Crippen LogP contribution in [0.1, 0.15) is 28.8 Å². The highest BCUT2D eigenvalue weighted by atomic mass is 32.1. The van der Waals surface area contributed by atoms with Gasteiger partial charge in [-0.1, -0.05) is 30.3 Å². The molecular formula is C27H26N2O5S. The number of rotatable bonds is 6. The van der Waals surface area contributed by atoms with E-state index in [-0.39, 0.29) is 42.5 Å². The molecule has 0 aliphatic carbocycles. The third-order valence-electron chi connectivity index (χ3n) is 6.56. The molecule has 2 amide bonds. The van der Waals surface area contributed by atoms with Crippen LogP contribution in [0.3, 0.4) is 0 Å². The molecule has 3 heterocycles. The molecule has 5 rings (SSSR count). The van der Waals surface area contributed by atoms with E-state index in [2.05, 4.69) is 5.32 Å². The molecule has 2 aromatic carbocycles. The van der Waals surface area contributed by atoms with Gasteiger partial charge in [-0.15, -0.1) is 11.3 Å². The summed E-state index contributed by atoms with van der Waals surface area (Å²) in [7, 11) is 0. The van der Waals surface area contributed by atoms with Gasteiger partial charge in [0.2, 0.25) is 5.91 Å². The molecule has 3 atom stereocenters. The minimum atomic E-state index is -0.865. The molecule has 2 unspecified atom stereocenters. The van der Waals surface area contributed by atoms with Gasteiger partial charge in [0.1, 0.15) is 24.4 Å². The number of fused-ring (bicyclic) bond motifs is 1. The normalized spacial score (nSPS) is 20.3. The van der Waals surface area contributed by atoms with E-state index in [1.165, 1.54) is 0 Å². The number of carbonyl (C=O) groups excluding carboxylic acids is 3. The summed E-state index contributed by atoms with van der Waals surface area (Å²) < 4.78 is 5.60. The number of nitrogens with one attached hydrogen (secondary N) is 1. The van der Waals surface area contributed by atoms with Crippen LogP contribution in [0.4, 0.5) is 0 Å². The molecule has 2 aliphatic heterocycles. The molecule has 0 bridgehead atoms. The van der Waals surface area contributed by atoms with Crippen molar-refractivity contribution in [2.45, 2.75) is 37.5 Å². The first kappa shape index (κ1) is 23.3. The van der Waals surface area contributed by atoms with Crippen LogP contribution < -0.4 is 5.32 Å². The lowest BCUT2D eigenvalue weighted by Crippen LogP contribution is -2.58. The van der Waals surface area contributed by atoms with Gasteiger partial charge in [0.25, 0.3) is 5.91 Å². The fourth-order valence-corrected chi connectivity index (χ4v) is 5.51. The van der Waals surface area contributed by atoms with E-state index in [9.17, 15) is 19.5 Å². The Kier molecular flexibility index (Phi) is 6.66. The van der Waals surface area contributed by atoms with Gasteiger partial charge in [0, 0.05) is 23.4 Å². The number of piperidine rings is 1. The van der Waals surface area contributed by atoms with Crippen molar-refractivity contribution < 1.29 is 24.2 Å². The first-order valence-electron chi connectivity index (χ1n) is 11.7. The molecule has 0 radical (unpaired) electrons. The summed E-state index contributed by atoms with van der Waals surface area (Å²) in [6.45, 7) is 0.469. The van der Waals surface area contributed by atoms with Crippen molar-refractivity contribution in [1.82, 2.24) is 10.2 Å². The molecule has 2 aliphatic rings. The Morgan fingerprint density at radius 2 is 1.89 bits per heavy atom. The van der Waals surface area contributed by atoms with E-state index in [0.29, 0.717) is 12.1 Å². The van der Waals surface area contributed by atoms with Crippen molar-refractivity contribution >= 4 is 28.9 Å². The van der Waals surface area contributed by atoms with Crippen molar-refractivity contribution in [3.63, 3.8) is 0 Å². The van der Waals surface area contributed by atoms with Crippen LogP contribution in [-0.2, 0) is 20.7 Å². The molecule has 2 fully saturated rings. The van der Waals surface area contributed by atoms with Crippen LogP contribution >= 0.6 is 11.3 Å². The summed E-state index contributed by atoms with van der Waals surface area (Å²) in [6, 6.07) is 16.4. The maximum Gasteiger partial charge on any atom is 0.251 e. The number of carbonyl (C=O) groups is 3. The van der Waals surface area contributed by atoms with Crippen molar-refractivity contribution in [3.8, 4) is 16.2 Å². The summed E-state index contributed by atoms with van der Waals surface area (Å²) in [5.41, 5.74) is 2.26. The van der Waals surface area contributed by atoms with E-state index < -0.39 is 12.1 Å². The lowest BCUT2D eigenvalue weighted by Gasteiger charge is -2.37. The first-order chi connectivity index (χ1) is 17.0. The summed E-state index contributed by atoms with van der Waals surface area (Å²) in [6.07, 6.45) is 1.44. The monoisotopic (exact) mass is 490 g/mol. The predicted octanol–water partition coefficient (Wildman–Crippen LogP) is 3.42. The van der Waals surface area contributed by atoms with Crippen LogP contribution in [0.15, 0.2) is 66.0 Å². The van der Waals surface area contributed by atoms with Crippen molar-refractivity contribution in [3.05, 3.63) is 77.2 Å². The fourth-order valence-electron chi connectivity index (χ4n) is 4.78. The Balaban J connectivity index is 1.37. The molecule has 35 heavy (non-hydrogen) atoms.